The molecule has 0 aromatic heterocycles. The molecule has 6 nitrogen and oxygen atoms in total. The SMILES string of the molecule is COCCCC1NC(=O)N(c2ccccc2OC)C1=O. The number of carbonyl (C=O) groups is 2. The lowest BCUT2D eigenvalue weighted by Gasteiger charge is -2.16. The molecule has 1 heterocycles. The molecule has 1 aromatic rings. The van der Waals surface area contributed by atoms with E-state index in [-0.39, 0.29) is 5.91 Å². The molecule has 6 heteroatoms. The van der Waals surface area contributed by atoms with Gasteiger partial charge in [0.1, 0.15) is 11.8 Å². The van der Waals surface area contributed by atoms with Crippen molar-refractivity contribution in [2.75, 3.05) is 25.7 Å². The van der Waals surface area contributed by atoms with Gasteiger partial charge in [0.05, 0.1) is 12.8 Å². The van der Waals surface area contributed by atoms with Crippen LogP contribution in [0.4, 0.5) is 10.5 Å². The molecule has 1 aliphatic rings. The maximum Gasteiger partial charge on any atom is 0.329 e. The van der Waals surface area contributed by atoms with E-state index >= 15 is 0 Å². The number of carbonyl (C=O) groups excluding carboxylic acids is 2. The standard InChI is InChI=1S/C14H18N2O4/c1-19-9-5-6-10-13(17)16(14(18)15-10)11-7-3-4-8-12(11)20-2/h3-4,7-8,10H,5-6,9H2,1-2H3,(H,15,18). The second-order valence-electron chi connectivity index (χ2n) is 4.48. The van der Waals surface area contributed by atoms with Crippen molar-refractivity contribution in [1.82, 2.24) is 5.32 Å². The molecule has 0 spiro atoms. The van der Waals surface area contributed by atoms with Crippen molar-refractivity contribution < 1.29 is 19.1 Å². The van der Waals surface area contributed by atoms with Crippen LogP contribution in [0.5, 0.6) is 5.75 Å². The number of methoxy groups -OCH3 is 2. The predicted molar refractivity (Wildman–Crippen MR) is 73.9 cm³/mol. The first-order chi connectivity index (χ1) is 9.69. The van der Waals surface area contributed by atoms with Gasteiger partial charge in [-0.15, -0.1) is 0 Å². The number of benzene rings is 1. The summed E-state index contributed by atoms with van der Waals surface area (Å²) in [5, 5.41) is 2.69. The van der Waals surface area contributed by atoms with Crippen LogP contribution < -0.4 is 15.0 Å². The molecular formula is C14H18N2O4. The molecule has 0 radical (unpaired) electrons. The normalized spacial score (nSPS) is 18.3. The molecule has 108 valence electrons. The van der Waals surface area contributed by atoms with Gasteiger partial charge < -0.3 is 14.8 Å². The molecule has 1 aromatic carbocycles. The Morgan fingerprint density at radius 2 is 2.00 bits per heavy atom. The molecule has 1 N–H and O–H groups in total. The number of imide groups is 1. The average molecular weight is 278 g/mol. The molecule has 0 saturated carbocycles. The lowest BCUT2D eigenvalue weighted by atomic mass is 10.1. The Morgan fingerprint density at radius 3 is 2.70 bits per heavy atom. The van der Waals surface area contributed by atoms with E-state index in [4.69, 9.17) is 9.47 Å². The molecule has 2 rings (SSSR count). The summed E-state index contributed by atoms with van der Waals surface area (Å²) in [4.78, 5) is 25.5. The van der Waals surface area contributed by atoms with Crippen molar-refractivity contribution >= 4 is 17.6 Å². The molecule has 1 aliphatic heterocycles. The first-order valence-electron chi connectivity index (χ1n) is 6.45. The first-order valence-corrected chi connectivity index (χ1v) is 6.45. The van der Waals surface area contributed by atoms with E-state index in [1.54, 1.807) is 31.4 Å². The second-order valence-corrected chi connectivity index (χ2v) is 4.48. The van der Waals surface area contributed by atoms with Gasteiger partial charge in [0.2, 0.25) is 0 Å². The van der Waals surface area contributed by atoms with E-state index in [0.717, 1.165) is 4.90 Å². The van der Waals surface area contributed by atoms with Crippen LogP contribution in [0, 0.1) is 0 Å². The Hall–Kier alpha value is -2.08. The number of urea groups is 1. The van der Waals surface area contributed by atoms with Crippen LogP contribution in [0.3, 0.4) is 0 Å². The number of hydrogen-bond donors (Lipinski definition) is 1. The van der Waals surface area contributed by atoms with Gasteiger partial charge in [-0.25, -0.2) is 9.69 Å². The van der Waals surface area contributed by atoms with Gasteiger partial charge in [-0.05, 0) is 25.0 Å². The Morgan fingerprint density at radius 1 is 1.25 bits per heavy atom. The van der Waals surface area contributed by atoms with Gasteiger partial charge in [0.15, 0.2) is 0 Å². The number of hydrogen-bond acceptors (Lipinski definition) is 4. The maximum absolute atomic E-state index is 12.3. The predicted octanol–water partition coefficient (Wildman–Crippen LogP) is 1.55. The molecule has 0 aliphatic carbocycles. The number of anilines is 1. The average Bonchev–Trinajstić information content (AvgIpc) is 2.74. The third-order valence-corrected chi connectivity index (χ3v) is 3.19. The highest BCUT2D eigenvalue weighted by atomic mass is 16.5. The minimum atomic E-state index is -0.498. The summed E-state index contributed by atoms with van der Waals surface area (Å²) in [6.07, 6.45) is 1.27. The highest BCUT2D eigenvalue weighted by Gasteiger charge is 2.39. The fourth-order valence-electron chi connectivity index (χ4n) is 2.20. The summed E-state index contributed by atoms with van der Waals surface area (Å²) in [5.41, 5.74) is 0.465. The molecule has 1 atom stereocenters. The summed E-state index contributed by atoms with van der Waals surface area (Å²) in [6, 6.07) is 6.04. The van der Waals surface area contributed by atoms with Gasteiger partial charge >= 0.3 is 6.03 Å². The smallest absolute Gasteiger partial charge is 0.329 e. The van der Waals surface area contributed by atoms with Gasteiger partial charge in [-0.1, -0.05) is 12.1 Å². The van der Waals surface area contributed by atoms with Crippen molar-refractivity contribution in [2.45, 2.75) is 18.9 Å². The van der Waals surface area contributed by atoms with E-state index in [0.29, 0.717) is 30.9 Å². The fourth-order valence-corrected chi connectivity index (χ4v) is 2.20. The van der Waals surface area contributed by atoms with Crippen molar-refractivity contribution in [3.8, 4) is 5.75 Å². The van der Waals surface area contributed by atoms with Gasteiger partial charge in [-0.2, -0.15) is 0 Å². The molecule has 3 amide bonds. The highest BCUT2D eigenvalue weighted by Crippen LogP contribution is 2.30. The van der Waals surface area contributed by atoms with E-state index < -0.39 is 12.1 Å². The Kier molecular flexibility index (Phi) is 4.57. The monoisotopic (exact) mass is 278 g/mol. The van der Waals surface area contributed by atoms with Gasteiger partial charge in [0, 0.05) is 13.7 Å². The van der Waals surface area contributed by atoms with Crippen molar-refractivity contribution in [3.63, 3.8) is 0 Å². The van der Waals surface area contributed by atoms with Crippen LogP contribution in [-0.4, -0.2) is 38.8 Å². The van der Waals surface area contributed by atoms with E-state index in [9.17, 15) is 9.59 Å². The summed E-state index contributed by atoms with van der Waals surface area (Å²) in [5.74, 6) is 0.240. The zero-order chi connectivity index (χ0) is 14.5. The summed E-state index contributed by atoms with van der Waals surface area (Å²) in [7, 11) is 3.11. The van der Waals surface area contributed by atoms with Crippen molar-refractivity contribution in [2.24, 2.45) is 0 Å². The van der Waals surface area contributed by atoms with Crippen LogP contribution >= 0.6 is 0 Å². The molecule has 0 bridgehead atoms. The van der Waals surface area contributed by atoms with Crippen LogP contribution in [-0.2, 0) is 9.53 Å². The minimum Gasteiger partial charge on any atom is -0.495 e. The van der Waals surface area contributed by atoms with Crippen LogP contribution in [0.2, 0.25) is 0 Å². The molecule has 1 fully saturated rings. The zero-order valence-electron chi connectivity index (χ0n) is 11.6. The molecular weight excluding hydrogens is 260 g/mol. The Balaban J connectivity index is 2.16. The van der Waals surface area contributed by atoms with Gasteiger partial charge in [0.25, 0.3) is 5.91 Å². The zero-order valence-corrected chi connectivity index (χ0v) is 11.6. The largest absolute Gasteiger partial charge is 0.495 e. The summed E-state index contributed by atoms with van der Waals surface area (Å²) < 4.78 is 10.1. The highest BCUT2D eigenvalue weighted by molar-refractivity contribution is 6.22. The van der Waals surface area contributed by atoms with Crippen molar-refractivity contribution in [3.05, 3.63) is 24.3 Å². The third kappa shape index (κ3) is 2.75. The van der Waals surface area contributed by atoms with Crippen LogP contribution in [0.25, 0.3) is 0 Å². The fraction of sp³-hybridized carbons (Fsp3) is 0.429. The number of para-hydroxylation sites is 2. The topological polar surface area (TPSA) is 67.9 Å². The molecule has 20 heavy (non-hydrogen) atoms. The number of rotatable bonds is 6. The minimum absolute atomic E-state index is 0.254. The summed E-state index contributed by atoms with van der Waals surface area (Å²) in [6.45, 7) is 0.564. The second kappa shape index (κ2) is 6.38. The number of ether oxygens (including phenoxy) is 2. The number of amides is 3. The van der Waals surface area contributed by atoms with E-state index in [2.05, 4.69) is 5.32 Å². The summed E-state index contributed by atoms with van der Waals surface area (Å²) >= 11 is 0. The van der Waals surface area contributed by atoms with E-state index in [1.165, 1.54) is 7.11 Å². The third-order valence-electron chi connectivity index (χ3n) is 3.19. The van der Waals surface area contributed by atoms with Crippen molar-refractivity contribution in [1.29, 1.82) is 0 Å². The first kappa shape index (κ1) is 14.3. The quantitative estimate of drug-likeness (QED) is 0.633. The lowest BCUT2D eigenvalue weighted by molar-refractivity contribution is -0.118. The molecule has 1 saturated heterocycles. The van der Waals surface area contributed by atoms with Crippen LogP contribution in [0.1, 0.15) is 12.8 Å². The Bertz CT molecular complexity index is 504. The van der Waals surface area contributed by atoms with E-state index in [1.807, 2.05) is 0 Å². The lowest BCUT2D eigenvalue weighted by Crippen LogP contribution is -2.31. The van der Waals surface area contributed by atoms with Crippen LogP contribution in [0.15, 0.2) is 24.3 Å². The number of nitrogens with one attached hydrogen (secondary N) is 1. The number of nitrogens with zero attached hydrogens (tertiary/aromatic N) is 1. The molecule has 1 unspecified atom stereocenters. The van der Waals surface area contributed by atoms with Gasteiger partial charge in [-0.3, -0.25) is 4.79 Å². The maximum atomic E-state index is 12.3. The Labute approximate surface area is 117 Å².